The van der Waals surface area contributed by atoms with Gasteiger partial charge in [0.25, 0.3) is 0 Å². The number of nitrogen functional groups attached to an aromatic ring is 1. The van der Waals surface area contributed by atoms with Crippen LogP contribution in [0.1, 0.15) is 11.3 Å². The van der Waals surface area contributed by atoms with Crippen LogP contribution in [0.5, 0.6) is 0 Å². The van der Waals surface area contributed by atoms with Crippen molar-refractivity contribution < 1.29 is 0 Å². The molecule has 21 heavy (non-hydrogen) atoms. The van der Waals surface area contributed by atoms with E-state index >= 15 is 0 Å². The molecule has 0 aliphatic rings. The number of nitrogens with zero attached hydrogens (tertiary/aromatic N) is 5. The summed E-state index contributed by atoms with van der Waals surface area (Å²) in [7, 11) is 0. The van der Waals surface area contributed by atoms with Crippen molar-refractivity contribution in [3.8, 4) is 17.5 Å². The fourth-order valence-electron chi connectivity index (χ4n) is 2.00. The van der Waals surface area contributed by atoms with Gasteiger partial charge in [0.1, 0.15) is 18.1 Å². The summed E-state index contributed by atoms with van der Waals surface area (Å²) >= 11 is 0. The van der Waals surface area contributed by atoms with Gasteiger partial charge in [-0.3, -0.25) is 0 Å². The van der Waals surface area contributed by atoms with Crippen LogP contribution in [0.2, 0.25) is 0 Å². The summed E-state index contributed by atoms with van der Waals surface area (Å²) in [6.07, 6.45) is 3.27. The molecule has 0 fully saturated rings. The van der Waals surface area contributed by atoms with Crippen LogP contribution < -0.4 is 5.73 Å². The molecule has 2 N–H and O–H groups in total. The Hall–Kier alpha value is -3.20. The Balaban J connectivity index is 1.84. The second-order valence-electron chi connectivity index (χ2n) is 4.55. The monoisotopic (exact) mass is 276 g/mol. The minimum absolute atomic E-state index is 0.392. The van der Waals surface area contributed by atoms with E-state index in [1.165, 1.54) is 0 Å². The van der Waals surface area contributed by atoms with Crippen molar-refractivity contribution in [2.24, 2.45) is 0 Å². The molecule has 0 radical (unpaired) electrons. The third kappa shape index (κ3) is 2.87. The third-order valence-electron chi connectivity index (χ3n) is 2.96. The van der Waals surface area contributed by atoms with Gasteiger partial charge in [0.05, 0.1) is 6.54 Å². The van der Waals surface area contributed by atoms with Gasteiger partial charge in [-0.1, -0.05) is 12.1 Å². The van der Waals surface area contributed by atoms with Gasteiger partial charge in [-0.25, -0.2) is 14.6 Å². The smallest absolute Gasteiger partial charge is 0.181 e. The van der Waals surface area contributed by atoms with Gasteiger partial charge in [-0.05, 0) is 29.8 Å². The van der Waals surface area contributed by atoms with Crippen LogP contribution in [0.25, 0.3) is 11.4 Å². The molecule has 3 rings (SSSR count). The summed E-state index contributed by atoms with van der Waals surface area (Å²) in [5.41, 5.74) is 8.65. The first-order chi connectivity index (χ1) is 10.2. The van der Waals surface area contributed by atoms with Crippen LogP contribution >= 0.6 is 0 Å². The Morgan fingerprint density at radius 3 is 2.90 bits per heavy atom. The minimum atomic E-state index is 0.392. The van der Waals surface area contributed by atoms with Crippen LogP contribution in [0.3, 0.4) is 0 Å². The molecule has 0 bridgehead atoms. The summed E-state index contributed by atoms with van der Waals surface area (Å²) < 4.78 is 1.72. The van der Waals surface area contributed by atoms with E-state index in [0.717, 1.165) is 11.1 Å². The SMILES string of the molecule is N#Cc1cc(Cn2cnc(-c3cccc(N)c3)n2)ccn1. The maximum atomic E-state index is 8.85. The zero-order chi connectivity index (χ0) is 14.7. The molecule has 0 aliphatic carbocycles. The Labute approximate surface area is 121 Å². The summed E-state index contributed by atoms with van der Waals surface area (Å²) in [6, 6.07) is 13.0. The summed E-state index contributed by atoms with van der Waals surface area (Å²) in [6.45, 7) is 0.534. The zero-order valence-electron chi connectivity index (χ0n) is 11.1. The normalized spacial score (nSPS) is 10.2. The van der Waals surface area contributed by atoms with E-state index < -0.39 is 0 Å². The number of hydrogen-bond donors (Lipinski definition) is 1. The molecule has 1 aromatic carbocycles. The maximum absolute atomic E-state index is 8.85. The standard InChI is InChI=1S/C15H12N6/c16-8-14-6-11(4-5-18-14)9-21-10-19-15(20-21)12-2-1-3-13(17)7-12/h1-7,10H,9,17H2. The molecule has 0 amide bonds. The van der Waals surface area contributed by atoms with Crippen molar-refractivity contribution in [2.45, 2.75) is 6.54 Å². The fourth-order valence-corrected chi connectivity index (χ4v) is 2.00. The number of rotatable bonds is 3. The summed E-state index contributed by atoms with van der Waals surface area (Å²) in [5.74, 6) is 0.622. The zero-order valence-corrected chi connectivity index (χ0v) is 11.1. The van der Waals surface area contributed by atoms with Crippen LogP contribution in [-0.4, -0.2) is 19.7 Å². The second kappa shape index (κ2) is 5.43. The molecule has 6 nitrogen and oxygen atoms in total. The number of aromatic nitrogens is 4. The fraction of sp³-hybridized carbons (Fsp3) is 0.0667. The number of nitrogens with two attached hydrogens (primary N) is 1. The summed E-state index contributed by atoms with van der Waals surface area (Å²) in [4.78, 5) is 8.22. The molecule has 102 valence electrons. The van der Waals surface area contributed by atoms with E-state index in [4.69, 9.17) is 11.0 Å². The van der Waals surface area contributed by atoms with Crippen LogP contribution in [-0.2, 0) is 6.54 Å². The number of anilines is 1. The van der Waals surface area contributed by atoms with E-state index in [-0.39, 0.29) is 0 Å². The average molecular weight is 276 g/mol. The Kier molecular flexibility index (Phi) is 3.31. The predicted octanol–water partition coefficient (Wildman–Crippen LogP) is 1.84. The van der Waals surface area contributed by atoms with Crippen molar-refractivity contribution in [1.29, 1.82) is 5.26 Å². The lowest BCUT2D eigenvalue weighted by atomic mass is 10.2. The van der Waals surface area contributed by atoms with Crippen LogP contribution in [0, 0.1) is 11.3 Å². The third-order valence-corrected chi connectivity index (χ3v) is 2.96. The molecule has 0 aliphatic heterocycles. The van der Waals surface area contributed by atoms with E-state index in [0.29, 0.717) is 23.8 Å². The van der Waals surface area contributed by atoms with Crippen LogP contribution in [0.15, 0.2) is 48.9 Å². The van der Waals surface area contributed by atoms with E-state index in [2.05, 4.69) is 15.1 Å². The first-order valence-corrected chi connectivity index (χ1v) is 6.35. The molecule has 0 unspecified atom stereocenters. The predicted molar refractivity (Wildman–Crippen MR) is 77.9 cm³/mol. The highest BCUT2D eigenvalue weighted by Gasteiger charge is 2.05. The quantitative estimate of drug-likeness (QED) is 0.737. The lowest BCUT2D eigenvalue weighted by molar-refractivity contribution is 0.686. The Morgan fingerprint density at radius 2 is 2.10 bits per heavy atom. The maximum Gasteiger partial charge on any atom is 0.181 e. The van der Waals surface area contributed by atoms with E-state index in [1.54, 1.807) is 23.3 Å². The average Bonchev–Trinajstić information content (AvgIpc) is 2.96. The van der Waals surface area contributed by atoms with Crippen molar-refractivity contribution in [1.82, 2.24) is 19.7 Å². The number of benzene rings is 1. The van der Waals surface area contributed by atoms with Gasteiger partial charge >= 0.3 is 0 Å². The number of nitriles is 1. The molecule has 0 spiro atoms. The molecule has 0 saturated carbocycles. The molecule has 3 aromatic rings. The number of hydrogen-bond acceptors (Lipinski definition) is 5. The first-order valence-electron chi connectivity index (χ1n) is 6.35. The Bertz CT molecular complexity index is 815. The molecule has 2 aromatic heterocycles. The van der Waals surface area contributed by atoms with Crippen molar-refractivity contribution in [3.63, 3.8) is 0 Å². The molecule has 2 heterocycles. The molecule has 6 heteroatoms. The first kappa shape index (κ1) is 12.8. The van der Waals surface area contributed by atoms with Gasteiger partial charge < -0.3 is 5.73 Å². The van der Waals surface area contributed by atoms with Crippen LogP contribution in [0.4, 0.5) is 5.69 Å². The van der Waals surface area contributed by atoms with Gasteiger partial charge in [0, 0.05) is 17.4 Å². The lowest BCUT2D eigenvalue weighted by Gasteiger charge is -2.01. The summed E-state index contributed by atoms with van der Waals surface area (Å²) in [5, 5.41) is 13.3. The molecular formula is C15H12N6. The highest BCUT2D eigenvalue weighted by atomic mass is 15.3. The van der Waals surface area contributed by atoms with Crippen molar-refractivity contribution >= 4 is 5.69 Å². The van der Waals surface area contributed by atoms with E-state index in [1.807, 2.05) is 36.4 Å². The van der Waals surface area contributed by atoms with E-state index in [9.17, 15) is 0 Å². The topological polar surface area (TPSA) is 93.4 Å². The molecule has 0 saturated heterocycles. The second-order valence-corrected chi connectivity index (χ2v) is 4.55. The van der Waals surface area contributed by atoms with Crippen molar-refractivity contribution in [2.75, 3.05) is 5.73 Å². The minimum Gasteiger partial charge on any atom is -0.399 e. The van der Waals surface area contributed by atoms with Gasteiger partial charge in [-0.15, -0.1) is 0 Å². The largest absolute Gasteiger partial charge is 0.399 e. The van der Waals surface area contributed by atoms with Crippen molar-refractivity contribution in [3.05, 3.63) is 60.2 Å². The molecule has 0 atom stereocenters. The number of pyridine rings is 1. The van der Waals surface area contributed by atoms with Gasteiger partial charge in [-0.2, -0.15) is 10.4 Å². The highest BCUT2D eigenvalue weighted by molar-refractivity contribution is 5.60. The van der Waals surface area contributed by atoms with Gasteiger partial charge in [0.15, 0.2) is 5.82 Å². The highest BCUT2D eigenvalue weighted by Crippen LogP contribution is 2.17. The Morgan fingerprint density at radius 1 is 1.19 bits per heavy atom. The molecular weight excluding hydrogens is 264 g/mol. The lowest BCUT2D eigenvalue weighted by Crippen LogP contribution is -2.01. The van der Waals surface area contributed by atoms with Gasteiger partial charge in [0.2, 0.25) is 0 Å².